The minimum atomic E-state index is -5.41. The van der Waals surface area contributed by atoms with Crippen molar-refractivity contribution in [1.82, 2.24) is 0 Å². The molecule has 1 N–H and O–H groups in total. The molecule has 0 amide bonds. The van der Waals surface area contributed by atoms with Crippen molar-refractivity contribution >= 4 is 63.8 Å². The quantitative estimate of drug-likeness (QED) is 0.132. The van der Waals surface area contributed by atoms with Crippen molar-refractivity contribution in [3.63, 3.8) is 0 Å². The lowest BCUT2D eigenvalue weighted by atomic mass is 9.68. The fourth-order valence-electron chi connectivity index (χ4n) is 4.17. The van der Waals surface area contributed by atoms with Gasteiger partial charge in [-0.1, -0.05) is 46.4 Å². The smallest absolute Gasteiger partial charge is 0.376 e. The maximum atomic E-state index is 13.5. The monoisotopic (exact) mass is 666 g/mol. The summed E-state index contributed by atoms with van der Waals surface area (Å²) in [5.41, 5.74) is -10.5. The van der Waals surface area contributed by atoms with Crippen molar-refractivity contribution in [1.29, 1.82) is 0 Å². The Morgan fingerprint density at radius 3 is 1.92 bits per heavy atom. The minimum Gasteiger partial charge on any atom is -0.376 e. The summed E-state index contributed by atoms with van der Waals surface area (Å²) in [6, 6.07) is 0.572. The van der Waals surface area contributed by atoms with Gasteiger partial charge in [0.25, 0.3) is 0 Å². The molecule has 1 aliphatic carbocycles. The van der Waals surface area contributed by atoms with Crippen LogP contribution in [0.5, 0.6) is 0 Å². The van der Waals surface area contributed by atoms with Gasteiger partial charge in [0, 0.05) is 43.3 Å². The number of benzene rings is 1. The van der Waals surface area contributed by atoms with Crippen LogP contribution in [-0.2, 0) is 11.0 Å². The second-order valence-corrected chi connectivity index (χ2v) is 10.1. The van der Waals surface area contributed by atoms with Crippen LogP contribution in [0.4, 0.5) is 26.3 Å². The third-order valence-electron chi connectivity index (χ3n) is 5.87. The molecule has 0 aromatic heterocycles. The fourth-order valence-corrected chi connectivity index (χ4v) is 6.06. The maximum absolute atomic E-state index is 13.5. The number of nitrogens with zero attached hydrogens (tertiary/aromatic N) is 2. The number of carbonyl (C=O) groups is 1. The number of nitro groups is 2. The average molecular weight is 669 g/mol. The van der Waals surface area contributed by atoms with E-state index in [1.165, 1.54) is 0 Å². The topological polar surface area (TPSA) is 124 Å². The molecule has 0 saturated carbocycles. The molecular formula is C20H13Cl5F6N2O6. The molecule has 1 aromatic carbocycles. The molecule has 0 saturated heterocycles. The molecule has 216 valence electrons. The van der Waals surface area contributed by atoms with E-state index >= 15 is 0 Å². The molecule has 3 atom stereocenters. The van der Waals surface area contributed by atoms with Crippen LogP contribution in [-0.4, -0.2) is 50.5 Å². The number of rotatable bonds is 9. The van der Waals surface area contributed by atoms with E-state index in [-0.39, 0.29) is 18.2 Å². The van der Waals surface area contributed by atoms with Crippen LogP contribution < -0.4 is 0 Å². The van der Waals surface area contributed by atoms with Gasteiger partial charge in [0.05, 0.1) is 28.0 Å². The molecule has 1 aliphatic rings. The number of halogens is 11. The number of carbonyl (C=O) groups excluding carboxylic acids is 1. The third-order valence-corrected chi connectivity index (χ3v) is 7.36. The van der Waals surface area contributed by atoms with Crippen molar-refractivity contribution in [3.8, 4) is 0 Å². The number of hydrogen-bond acceptors (Lipinski definition) is 6. The Hall–Kier alpha value is -1.84. The molecule has 1 aromatic rings. The van der Waals surface area contributed by atoms with E-state index < -0.39 is 107 Å². The zero-order valence-electron chi connectivity index (χ0n) is 18.7. The van der Waals surface area contributed by atoms with Gasteiger partial charge >= 0.3 is 17.9 Å². The molecule has 0 heterocycles. The largest absolute Gasteiger partial charge is 0.421 e. The van der Waals surface area contributed by atoms with Crippen LogP contribution in [0, 0.1) is 20.2 Å². The second-order valence-electron chi connectivity index (χ2n) is 8.20. The van der Waals surface area contributed by atoms with E-state index in [4.69, 9.17) is 58.0 Å². The average Bonchev–Trinajstić information content (AvgIpc) is 2.75. The first-order valence-corrected chi connectivity index (χ1v) is 12.2. The van der Waals surface area contributed by atoms with Crippen LogP contribution in [0.1, 0.15) is 29.9 Å². The van der Waals surface area contributed by atoms with Gasteiger partial charge in [0.2, 0.25) is 12.3 Å². The Morgan fingerprint density at radius 1 is 1.05 bits per heavy atom. The Kier molecular flexibility index (Phi) is 9.90. The van der Waals surface area contributed by atoms with Gasteiger partial charge in [-0.2, -0.15) is 26.3 Å². The van der Waals surface area contributed by atoms with Crippen molar-refractivity contribution in [3.05, 3.63) is 75.2 Å². The first-order chi connectivity index (χ1) is 17.6. The minimum absolute atomic E-state index is 0.0595. The van der Waals surface area contributed by atoms with Crippen LogP contribution >= 0.6 is 58.0 Å². The molecule has 2 rings (SSSR count). The summed E-state index contributed by atoms with van der Waals surface area (Å²) < 4.78 is 80.4. The van der Waals surface area contributed by atoms with Crippen LogP contribution in [0.3, 0.4) is 0 Å². The summed E-state index contributed by atoms with van der Waals surface area (Å²) in [7, 11) is 0. The molecule has 0 spiro atoms. The Morgan fingerprint density at radius 2 is 1.56 bits per heavy atom. The third kappa shape index (κ3) is 6.25. The van der Waals surface area contributed by atoms with Gasteiger partial charge in [0.1, 0.15) is 0 Å². The molecule has 0 fully saturated rings. The highest BCUT2D eigenvalue weighted by atomic mass is 35.5. The fraction of sp³-hybridized carbons (Fsp3) is 0.450. The van der Waals surface area contributed by atoms with E-state index in [2.05, 4.69) is 0 Å². The van der Waals surface area contributed by atoms with Crippen molar-refractivity contribution < 1.29 is 46.1 Å². The summed E-state index contributed by atoms with van der Waals surface area (Å²) in [4.78, 5) is 34.8. The Balaban J connectivity index is 3.05. The molecule has 0 bridgehead atoms. The van der Waals surface area contributed by atoms with Crippen molar-refractivity contribution in [2.24, 2.45) is 0 Å². The van der Waals surface area contributed by atoms with Crippen LogP contribution in [0.15, 0.2) is 33.8 Å². The predicted molar refractivity (Wildman–Crippen MR) is 129 cm³/mol. The lowest BCUT2D eigenvalue weighted by molar-refractivity contribution is -0.548. The predicted octanol–water partition coefficient (Wildman–Crippen LogP) is 6.90. The van der Waals surface area contributed by atoms with Gasteiger partial charge in [-0.15, -0.1) is 11.6 Å². The number of hydrogen-bond donors (Lipinski definition) is 1. The number of Topliss-reactive ketones (excluding diaryl/α,β-unsaturated/α-hetero) is 1. The van der Waals surface area contributed by atoms with E-state index in [1.54, 1.807) is 0 Å². The molecule has 0 aliphatic heterocycles. The number of alkyl halides is 7. The second kappa shape index (κ2) is 11.6. The standard InChI is InChI=1S/C20H13Cl5F6N2O6/c21-7-14(34)18(33(38)39,16-12(24)5-17(35,6-13(16)25)20(29,30)31)9(1-2-32(36)37)15-10(22)3-8(4-11(15)23)19(26,27)28/h3-5,9,35H,1-2,6-7H2. The number of aliphatic hydroxyl groups is 1. The van der Waals surface area contributed by atoms with Crippen molar-refractivity contribution in [2.75, 3.05) is 12.4 Å². The van der Waals surface area contributed by atoms with E-state index in [1.807, 2.05) is 0 Å². The molecule has 39 heavy (non-hydrogen) atoms. The maximum Gasteiger partial charge on any atom is 0.421 e. The van der Waals surface area contributed by atoms with Gasteiger partial charge < -0.3 is 5.11 Å². The lowest BCUT2D eigenvalue weighted by Crippen LogP contribution is -2.56. The zero-order valence-corrected chi connectivity index (χ0v) is 22.5. The first-order valence-electron chi connectivity index (χ1n) is 10.1. The zero-order chi connectivity index (χ0) is 30.3. The highest BCUT2D eigenvalue weighted by molar-refractivity contribution is 6.38. The molecular weight excluding hydrogens is 655 g/mol. The van der Waals surface area contributed by atoms with E-state index in [9.17, 15) is 56.5 Å². The lowest BCUT2D eigenvalue weighted by Gasteiger charge is -2.38. The first kappa shape index (κ1) is 33.4. The highest BCUT2D eigenvalue weighted by Gasteiger charge is 2.65. The summed E-state index contributed by atoms with van der Waals surface area (Å²) in [6.45, 7) is -1.16. The summed E-state index contributed by atoms with van der Waals surface area (Å²) in [6.07, 6.45) is -13.1. The molecule has 3 unspecified atom stereocenters. The normalized spacial score (nSPS) is 20.8. The summed E-state index contributed by atoms with van der Waals surface area (Å²) >= 11 is 29.6. The van der Waals surface area contributed by atoms with Gasteiger partial charge in [-0.25, -0.2) is 0 Å². The van der Waals surface area contributed by atoms with Gasteiger partial charge in [0.15, 0.2) is 5.60 Å². The van der Waals surface area contributed by atoms with Gasteiger partial charge in [-0.05, 0) is 18.2 Å². The Bertz CT molecular complexity index is 1250. The van der Waals surface area contributed by atoms with E-state index in [0.29, 0.717) is 0 Å². The SMILES string of the molecule is O=C(CCl)C(C1=C(Cl)CC(O)(C(F)(F)F)C=C1Cl)(C(CC[N+](=O)[O-])c1c(Cl)cc(C(F)(F)F)cc1Cl)[N+](=O)[O-]. The van der Waals surface area contributed by atoms with E-state index in [0.717, 1.165) is 0 Å². The van der Waals surface area contributed by atoms with Crippen LogP contribution in [0.25, 0.3) is 0 Å². The highest BCUT2D eigenvalue weighted by Crippen LogP contribution is 2.54. The Labute approximate surface area is 239 Å². The van der Waals surface area contributed by atoms with Crippen LogP contribution in [0.2, 0.25) is 10.0 Å². The van der Waals surface area contributed by atoms with Crippen molar-refractivity contribution in [2.45, 2.75) is 42.3 Å². The molecule has 0 radical (unpaired) electrons. The molecule has 8 nitrogen and oxygen atoms in total. The molecule has 19 heteroatoms. The number of ketones is 1. The summed E-state index contributed by atoms with van der Waals surface area (Å²) in [5.74, 6) is -5.10. The summed E-state index contributed by atoms with van der Waals surface area (Å²) in [5, 5.41) is 29.7. The van der Waals surface area contributed by atoms with Gasteiger partial charge in [-0.3, -0.25) is 25.0 Å².